The van der Waals surface area contributed by atoms with Crippen molar-refractivity contribution in [2.75, 3.05) is 4.43 Å². The second kappa shape index (κ2) is 4.68. The Balaban J connectivity index is 2.81. The van der Waals surface area contributed by atoms with Gasteiger partial charge < -0.3 is 0 Å². The van der Waals surface area contributed by atoms with Crippen molar-refractivity contribution in [3.63, 3.8) is 0 Å². The molecule has 0 aliphatic carbocycles. The summed E-state index contributed by atoms with van der Waals surface area (Å²) in [4.78, 5) is 0. The molecule has 0 heterocycles. The van der Waals surface area contributed by atoms with Crippen LogP contribution in [0.2, 0.25) is 0 Å². The lowest BCUT2D eigenvalue weighted by atomic mass is 10.2. The predicted octanol–water partition coefficient (Wildman–Crippen LogP) is 2.77. The van der Waals surface area contributed by atoms with E-state index in [4.69, 9.17) is 3.56 Å². The Labute approximate surface area is 55.5 Å². The average molecular weight is 213 g/mol. The number of alkyl halides is 1. The molecule has 0 saturated carbocycles. The van der Waals surface area contributed by atoms with Gasteiger partial charge >= 0.3 is 0 Å². The first-order valence-electron chi connectivity index (χ1n) is 2.52. The molecule has 0 rings (SSSR count). The molecule has 0 saturated heterocycles. The standard InChI is InChI=1S/C5H12IN/c1-5(2)3-4-6-7/h5,7H,3-4H2,1-2H3. The van der Waals surface area contributed by atoms with E-state index in [1.54, 1.807) is 0 Å². The van der Waals surface area contributed by atoms with E-state index in [9.17, 15) is 0 Å². The number of hydrogen-bond donors (Lipinski definition) is 1. The van der Waals surface area contributed by atoms with E-state index in [-0.39, 0.29) is 21.0 Å². The minimum Gasteiger partial charge on any atom is -0.278 e. The van der Waals surface area contributed by atoms with Crippen LogP contribution in [0.4, 0.5) is 0 Å². The molecule has 0 spiro atoms. The molecule has 0 aromatic carbocycles. The smallest absolute Gasteiger partial charge is 0.0112 e. The summed E-state index contributed by atoms with van der Waals surface area (Å²) in [5, 5.41) is 0. The SMILES string of the molecule is CC(C)CCI=N. The molecule has 7 heavy (non-hydrogen) atoms. The largest absolute Gasteiger partial charge is 0.278 e. The van der Waals surface area contributed by atoms with Gasteiger partial charge in [0.1, 0.15) is 0 Å². The van der Waals surface area contributed by atoms with Crippen molar-refractivity contribution in [3.05, 3.63) is 0 Å². The van der Waals surface area contributed by atoms with Crippen LogP contribution in [0.25, 0.3) is 0 Å². The van der Waals surface area contributed by atoms with Crippen LogP contribution in [0.15, 0.2) is 0 Å². The fraction of sp³-hybridized carbons (Fsp3) is 1.00. The van der Waals surface area contributed by atoms with Crippen molar-refractivity contribution in [2.45, 2.75) is 20.3 Å². The van der Waals surface area contributed by atoms with Gasteiger partial charge in [-0.15, -0.1) is 0 Å². The van der Waals surface area contributed by atoms with Crippen LogP contribution in [-0.4, -0.2) is 4.43 Å². The number of halogens is 1. The normalized spacial score (nSPS) is 10.1. The zero-order valence-corrected chi connectivity index (χ0v) is 7.03. The third-order valence-electron chi connectivity index (χ3n) is 0.781. The molecule has 0 aliphatic heterocycles. The molecule has 0 atom stereocenters. The molecule has 0 aromatic heterocycles. The second-order valence-corrected chi connectivity index (χ2v) is 3.85. The van der Waals surface area contributed by atoms with E-state index in [1.165, 1.54) is 10.8 Å². The van der Waals surface area contributed by atoms with Gasteiger partial charge in [0.25, 0.3) is 0 Å². The van der Waals surface area contributed by atoms with E-state index in [2.05, 4.69) is 13.8 Å². The lowest BCUT2D eigenvalue weighted by molar-refractivity contribution is 0.637. The molecule has 1 nitrogen and oxygen atoms in total. The monoisotopic (exact) mass is 213 g/mol. The first kappa shape index (κ1) is 7.53. The summed E-state index contributed by atoms with van der Waals surface area (Å²) in [5.41, 5.74) is 0. The Morgan fingerprint density at radius 2 is 2.14 bits per heavy atom. The first-order chi connectivity index (χ1) is 3.27. The van der Waals surface area contributed by atoms with Gasteiger partial charge in [-0.25, -0.2) is 0 Å². The van der Waals surface area contributed by atoms with Crippen molar-refractivity contribution in [1.82, 2.24) is 0 Å². The summed E-state index contributed by atoms with van der Waals surface area (Å²) in [6.07, 6.45) is 1.26. The highest BCUT2D eigenvalue weighted by Gasteiger charge is 1.88. The zero-order valence-electron chi connectivity index (χ0n) is 4.87. The van der Waals surface area contributed by atoms with Gasteiger partial charge in [0.15, 0.2) is 0 Å². The quantitative estimate of drug-likeness (QED) is 0.550. The van der Waals surface area contributed by atoms with E-state index in [0.29, 0.717) is 0 Å². The number of rotatable bonds is 3. The van der Waals surface area contributed by atoms with E-state index >= 15 is 0 Å². The van der Waals surface area contributed by atoms with Crippen molar-refractivity contribution in [1.29, 1.82) is 3.56 Å². The van der Waals surface area contributed by atoms with Crippen LogP contribution in [0.3, 0.4) is 0 Å². The van der Waals surface area contributed by atoms with Crippen LogP contribution < -0.4 is 0 Å². The first-order valence-corrected chi connectivity index (χ1v) is 5.12. The van der Waals surface area contributed by atoms with Crippen LogP contribution in [0.1, 0.15) is 20.3 Å². The summed E-state index contributed by atoms with van der Waals surface area (Å²) in [7, 11) is 0. The molecule has 0 radical (unpaired) electrons. The van der Waals surface area contributed by atoms with Gasteiger partial charge in [-0.1, -0.05) is 13.8 Å². The van der Waals surface area contributed by atoms with Gasteiger partial charge in [0.05, 0.1) is 0 Å². The Morgan fingerprint density at radius 3 is 2.29 bits per heavy atom. The molecule has 0 bridgehead atoms. The fourth-order valence-electron chi connectivity index (χ4n) is 0.273. The minimum atomic E-state index is -0.176. The van der Waals surface area contributed by atoms with Crippen LogP contribution in [0.5, 0.6) is 0 Å². The Kier molecular flexibility index (Phi) is 5.04. The molecule has 0 aromatic rings. The minimum absolute atomic E-state index is 0.176. The summed E-state index contributed by atoms with van der Waals surface area (Å²) in [6.45, 7) is 4.42. The van der Waals surface area contributed by atoms with Gasteiger partial charge in [-0.3, -0.25) is 3.56 Å². The predicted molar refractivity (Wildman–Crippen MR) is 41.1 cm³/mol. The molecular weight excluding hydrogens is 201 g/mol. The summed E-state index contributed by atoms with van der Waals surface area (Å²) < 4.78 is 8.08. The Bertz CT molecular complexity index is 52.0. The maximum Gasteiger partial charge on any atom is 0.0112 e. The number of hydrogen-bond acceptors (Lipinski definition) is 1. The highest BCUT2D eigenvalue weighted by Crippen LogP contribution is 2.04. The van der Waals surface area contributed by atoms with Gasteiger partial charge in [0.2, 0.25) is 0 Å². The molecule has 44 valence electrons. The molecule has 0 fully saturated rings. The van der Waals surface area contributed by atoms with E-state index in [0.717, 1.165) is 5.92 Å². The van der Waals surface area contributed by atoms with E-state index in [1.807, 2.05) is 0 Å². The van der Waals surface area contributed by atoms with Crippen LogP contribution in [-0.2, 0) is 0 Å². The highest BCUT2D eigenvalue weighted by molar-refractivity contribution is 14.1. The lowest BCUT2D eigenvalue weighted by Gasteiger charge is -1.95. The second-order valence-electron chi connectivity index (χ2n) is 2.01. The zero-order chi connectivity index (χ0) is 5.70. The van der Waals surface area contributed by atoms with Crippen molar-refractivity contribution < 1.29 is 0 Å². The van der Waals surface area contributed by atoms with Crippen molar-refractivity contribution in [2.24, 2.45) is 5.92 Å². The van der Waals surface area contributed by atoms with Gasteiger partial charge in [-0.2, -0.15) is 0 Å². The summed E-state index contributed by atoms with van der Waals surface area (Å²) in [5.74, 6) is 0.810. The molecule has 0 amide bonds. The highest BCUT2D eigenvalue weighted by atomic mass is 127. The molecule has 0 unspecified atom stereocenters. The average Bonchev–Trinajstić information content (AvgIpc) is 1.61. The third-order valence-corrected chi connectivity index (χ3v) is 1.94. The Hall–Kier alpha value is 0.530. The van der Waals surface area contributed by atoms with Crippen molar-refractivity contribution >= 4 is 21.0 Å². The van der Waals surface area contributed by atoms with Crippen LogP contribution in [0, 0.1) is 9.48 Å². The van der Waals surface area contributed by atoms with Crippen LogP contribution >= 0.6 is 21.0 Å². The van der Waals surface area contributed by atoms with Gasteiger partial charge in [0, 0.05) is 4.43 Å². The summed E-state index contributed by atoms with van der Waals surface area (Å²) in [6, 6.07) is 0. The Morgan fingerprint density at radius 1 is 1.57 bits per heavy atom. The topological polar surface area (TPSA) is 23.9 Å². The molecule has 2 heteroatoms. The molecule has 0 aliphatic rings. The maximum absolute atomic E-state index is 6.91. The number of nitrogens with one attached hydrogen (secondary N) is 1. The van der Waals surface area contributed by atoms with Gasteiger partial charge in [-0.05, 0) is 33.4 Å². The fourth-order valence-corrected chi connectivity index (χ4v) is 1.83. The molecular formula is C5H12IN. The lowest BCUT2D eigenvalue weighted by Crippen LogP contribution is -1.85. The maximum atomic E-state index is 6.91. The molecule has 1 N–H and O–H groups in total. The van der Waals surface area contributed by atoms with E-state index < -0.39 is 0 Å². The van der Waals surface area contributed by atoms with Crippen molar-refractivity contribution in [3.8, 4) is 0 Å². The third kappa shape index (κ3) is 6.53. The summed E-state index contributed by atoms with van der Waals surface area (Å²) >= 11 is -0.176.